The topological polar surface area (TPSA) is 98.8 Å². The summed E-state index contributed by atoms with van der Waals surface area (Å²) in [6.45, 7) is 6.80. The molecule has 0 saturated carbocycles. The third kappa shape index (κ3) is 6.55. The molecule has 1 aliphatic heterocycles. The Morgan fingerprint density at radius 1 is 0.949 bits per heavy atom. The number of hydrogen-bond acceptors (Lipinski definition) is 6. The van der Waals surface area contributed by atoms with Gasteiger partial charge in [0.25, 0.3) is 11.8 Å². The van der Waals surface area contributed by atoms with Crippen LogP contribution in [0.1, 0.15) is 58.0 Å². The van der Waals surface area contributed by atoms with Gasteiger partial charge in [-0.15, -0.1) is 0 Å². The number of anilines is 1. The molecule has 2 N–H and O–H groups in total. The molecule has 0 atom stereocenters. The van der Waals surface area contributed by atoms with Gasteiger partial charge in [0.05, 0.1) is 21.0 Å². The lowest BCUT2D eigenvalue weighted by Crippen LogP contribution is -2.43. The molecule has 0 fully saturated rings. The average Bonchev–Trinajstić information content (AvgIpc) is 3.00. The van der Waals surface area contributed by atoms with Crippen LogP contribution in [-0.2, 0) is 16.4 Å². The van der Waals surface area contributed by atoms with Crippen LogP contribution in [0.15, 0.2) is 76.5 Å². The third-order valence-corrected chi connectivity index (χ3v) is 8.64. The maximum Gasteiger partial charge on any atom is 0.274 e. The second kappa shape index (κ2) is 12.5. The normalized spacial score (nSPS) is 14.1. The summed E-state index contributed by atoms with van der Waals surface area (Å²) in [5.41, 5.74) is 5.60. The zero-order valence-electron chi connectivity index (χ0n) is 22.7. The number of rotatable bonds is 11. The Bertz CT molecular complexity index is 1450. The molecule has 0 bridgehead atoms. The average molecular weight is 549 g/mol. The van der Waals surface area contributed by atoms with Gasteiger partial charge in [-0.1, -0.05) is 55.3 Å². The first-order valence-electron chi connectivity index (χ1n) is 13.3. The van der Waals surface area contributed by atoms with E-state index in [0.29, 0.717) is 6.54 Å². The number of amides is 2. The number of sulfone groups is 1. The number of hydrazine groups is 1. The first-order valence-corrected chi connectivity index (χ1v) is 14.8. The van der Waals surface area contributed by atoms with Crippen LogP contribution in [0.5, 0.6) is 0 Å². The van der Waals surface area contributed by atoms with Crippen molar-refractivity contribution in [3.05, 3.63) is 89.0 Å². The van der Waals surface area contributed by atoms with E-state index >= 15 is 0 Å². The second-order valence-corrected chi connectivity index (χ2v) is 11.8. The van der Waals surface area contributed by atoms with E-state index in [4.69, 9.17) is 0 Å². The Morgan fingerprint density at radius 2 is 1.72 bits per heavy atom. The Labute approximate surface area is 230 Å². The summed E-state index contributed by atoms with van der Waals surface area (Å²) in [6, 6.07) is 18.4. The fourth-order valence-electron chi connectivity index (χ4n) is 4.63. The number of hydrogen-bond donors (Lipinski definition) is 2. The summed E-state index contributed by atoms with van der Waals surface area (Å²) in [5, 5.41) is 4.17. The van der Waals surface area contributed by atoms with Gasteiger partial charge in [-0.05, 0) is 75.8 Å². The molecule has 9 heteroatoms. The molecule has 0 saturated heterocycles. The highest BCUT2D eigenvalue weighted by atomic mass is 32.2. The van der Waals surface area contributed by atoms with Gasteiger partial charge in [0.2, 0.25) is 9.84 Å². The van der Waals surface area contributed by atoms with E-state index in [1.165, 1.54) is 35.3 Å². The van der Waals surface area contributed by atoms with Crippen LogP contribution in [-0.4, -0.2) is 51.8 Å². The van der Waals surface area contributed by atoms with E-state index in [9.17, 15) is 18.0 Å². The lowest BCUT2D eigenvalue weighted by molar-refractivity contribution is 0.0946. The summed E-state index contributed by atoms with van der Waals surface area (Å²) >= 11 is 0. The number of carbonyl (C=O) groups is 2. The zero-order valence-corrected chi connectivity index (χ0v) is 23.6. The van der Waals surface area contributed by atoms with Crippen molar-refractivity contribution in [2.75, 3.05) is 31.7 Å². The van der Waals surface area contributed by atoms with Gasteiger partial charge < -0.3 is 10.2 Å². The molecule has 3 aromatic carbocycles. The number of nitrogens with one attached hydrogen (secondary N) is 2. The van der Waals surface area contributed by atoms with Crippen molar-refractivity contribution in [2.24, 2.45) is 0 Å². The molecule has 39 heavy (non-hydrogen) atoms. The van der Waals surface area contributed by atoms with Crippen LogP contribution in [0.2, 0.25) is 0 Å². The summed E-state index contributed by atoms with van der Waals surface area (Å²) in [7, 11) is -1.95. The van der Waals surface area contributed by atoms with Crippen molar-refractivity contribution in [1.29, 1.82) is 0 Å². The number of aryl methyl sites for hydroxylation is 1. The van der Waals surface area contributed by atoms with E-state index in [1.807, 2.05) is 31.2 Å². The van der Waals surface area contributed by atoms with Gasteiger partial charge in [0, 0.05) is 18.7 Å². The third-order valence-electron chi connectivity index (χ3n) is 6.78. The van der Waals surface area contributed by atoms with E-state index in [2.05, 4.69) is 29.6 Å². The van der Waals surface area contributed by atoms with Crippen LogP contribution in [0.3, 0.4) is 0 Å². The largest absolute Gasteiger partial charge is 0.352 e. The SMILES string of the molecule is CCCCN(C)CCCNC(=O)c1ccc2c(c1)N(NCc1cccc(C)c1)C(=O)c1ccccc1S2(=O)=O. The zero-order chi connectivity index (χ0) is 28.0. The molecule has 2 amide bonds. The molecule has 3 aromatic rings. The number of unbranched alkanes of at least 4 members (excludes halogenated alkanes) is 1. The smallest absolute Gasteiger partial charge is 0.274 e. The highest BCUT2D eigenvalue weighted by molar-refractivity contribution is 7.91. The summed E-state index contributed by atoms with van der Waals surface area (Å²) in [4.78, 5) is 28.9. The summed E-state index contributed by atoms with van der Waals surface area (Å²) in [6.07, 6.45) is 3.07. The summed E-state index contributed by atoms with van der Waals surface area (Å²) in [5.74, 6) is -0.826. The van der Waals surface area contributed by atoms with Crippen molar-refractivity contribution in [1.82, 2.24) is 15.6 Å². The molecule has 0 spiro atoms. The molecule has 0 radical (unpaired) electrons. The molecule has 0 aliphatic carbocycles. The van der Waals surface area contributed by atoms with Crippen LogP contribution in [0, 0.1) is 6.92 Å². The van der Waals surface area contributed by atoms with E-state index in [1.54, 1.807) is 12.1 Å². The molecule has 8 nitrogen and oxygen atoms in total. The fourth-order valence-corrected chi connectivity index (χ4v) is 6.24. The minimum absolute atomic E-state index is 0.0355. The standard InChI is InChI=1S/C30H36N4O4S/c1-4-5-17-33(3)18-9-16-31-29(35)24-14-15-28-26(20-24)34(32-21-23-11-8-10-22(2)19-23)30(36)25-12-6-7-13-27(25)39(28,37)38/h6-8,10-15,19-20,32H,4-5,9,16-18,21H2,1-3H3,(H,31,35). The van der Waals surface area contributed by atoms with Crippen molar-refractivity contribution in [3.63, 3.8) is 0 Å². The quantitative estimate of drug-likeness (QED) is 0.346. The van der Waals surface area contributed by atoms with Gasteiger partial charge in [0.1, 0.15) is 0 Å². The predicted molar refractivity (Wildman–Crippen MR) is 153 cm³/mol. The first-order chi connectivity index (χ1) is 18.7. The highest BCUT2D eigenvalue weighted by Gasteiger charge is 2.36. The van der Waals surface area contributed by atoms with Crippen molar-refractivity contribution in [3.8, 4) is 0 Å². The van der Waals surface area contributed by atoms with Crippen molar-refractivity contribution in [2.45, 2.75) is 49.4 Å². The molecule has 0 unspecified atom stereocenters. The minimum Gasteiger partial charge on any atom is -0.352 e. The van der Waals surface area contributed by atoms with E-state index in [0.717, 1.165) is 43.5 Å². The van der Waals surface area contributed by atoms with Crippen LogP contribution < -0.4 is 15.8 Å². The molecular formula is C30H36N4O4S. The molecule has 1 aliphatic rings. The van der Waals surface area contributed by atoms with E-state index < -0.39 is 15.7 Å². The highest BCUT2D eigenvalue weighted by Crippen LogP contribution is 2.36. The van der Waals surface area contributed by atoms with Crippen molar-refractivity contribution < 1.29 is 18.0 Å². The number of carbonyl (C=O) groups excluding carboxylic acids is 2. The Morgan fingerprint density at radius 3 is 2.49 bits per heavy atom. The van der Waals surface area contributed by atoms with Crippen LogP contribution in [0.4, 0.5) is 5.69 Å². The molecular weight excluding hydrogens is 512 g/mol. The van der Waals surface area contributed by atoms with Crippen LogP contribution >= 0.6 is 0 Å². The Hall–Kier alpha value is -3.53. The van der Waals surface area contributed by atoms with Gasteiger partial charge in [-0.25, -0.2) is 18.9 Å². The monoisotopic (exact) mass is 548 g/mol. The van der Waals surface area contributed by atoms with Crippen molar-refractivity contribution >= 4 is 27.3 Å². The molecule has 206 valence electrons. The second-order valence-electron chi connectivity index (χ2n) is 9.91. The van der Waals surface area contributed by atoms with Gasteiger partial charge in [-0.3, -0.25) is 9.59 Å². The lowest BCUT2D eigenvalue weighted by Gasteiger charge is -2.24. The van der Waals surface area contributed by atoms with Gasteiger partial charge >= 0.3 is 0 Å². The lowest BCUT2D eigenvalue weighted by atomic mass is 10.1. The van der Waals surface area contributed by atoms with Gasteiger partial charge in [-0.2, -0.15) is 0 Å². The maximum atomic E-state index is 13.7. The number of fused-ring (bicyclic) bond motifs is 2. The summed E-state index contributed by atoms with van der Waals surface area (Å²) < 4.78 is 27.3. The van der Waals surface area contributed by atoms with Gasteiger partial charge in [0.15, 0.2) is 0 Å². The minimum atomic E-state index is -4.01. The molecule has 4 rings (SSSR count). The van der Waals surface area contributed by atoms with Crippen LogP contribution in [0.25, 0.3) is 0 Å². The maximum absolute atomic E-state index is 13.7. The Balaban J connectivity index is 1.62. The van der Waals surface area contributed by atoms with E-state index in [-0.39, 0.29) is 39.1 Å². The number of nitrogens with zero attached hydrogens (tertiary/aromatic N) is 2. The predicted octanol–water partition coefficient (Wildman–Crippen LogP) is 4.34. The number of benzene rings is 3. The first kappa shape index (κ1) is 28.5. The Kier molecular flexibility index (Phi) is 9.16. The molecule has 0 aromatic heterocycles. The molecule has 1 heterocycles. The fraction of sp³-hybridized carbons (Fsp3) is 0.333.